The lowest BCUT2D eigenvalue weighted by Crippen LogP contribution is -2.20. The van der Waals surface area contributed by atoms with E-state index in [9.17, 15) is 9.90 Å². The van der Waals surface area contributed by atoms with Crippen LogP contribution in [0.1, 0.15) is 36.8 Å². The summed E-state index contributed by atoms with van der Waals surface area (Å²) in [5.74, 6) is 0.273. The molecule has 1 aliphatic rings. The zero-order chi connectivity index (χ0) is 13.2. The van der Waals surface area contributed by atoms with E-state index in [-0.39, 0.29) is 5.75 Å². The molecule has 0 atom stereocenters. The molecule has 0 bridgehead atoms. The van der Waals surface area contributed by atoms with Crippen LogP contribution in [0, 0.1) is 6.92 Å². The van der Waals surface area contributed by atoms with Gasteiger partial charge in [-0.15, -0.1) is 11.8 Å². The number of thioether (sulfide) groups is 1. The average Bonchev–Trinajstić information content (AvgIpc) is 2.82. The van der Waals surface area contributed by atoms with Gasteiger partial charge in [0.1, 0.15) is 5.75 Å². The Bertz CT molecular complexity index is 501. The molecule has 0 spiro atoms. The Hall–Kier alpha value is -1.25. The predicted molar refractivity (Wildman–Crippen MR) is 72.9 cm³/mol. The first-order chi connectivity index (χ1) is 8.63. The smallest absolute Gasteiger partial charge is 0.235 e. The van der Waals surface area contributed by atoms with Crippen molar-refractivity contribution in [3.05, 3.63) is 23.3 Å². The Balaban J connectivity index is 2.60. The van der Waals surface area contributed by atoms with Gasteiger partial charge in [-0.25, -0.2) is 4.79 Å². The van der Waals surface area contributed by atoms with E-state index >= 15 is 0 Å². The van der Waals surface area contributed by atoms with E-state index in [4.69, 9.17) is 0 Å². The molecule has 0 unspecified atom stereocenters. The highest BCUT2D eigenvalue weighted by molar-refractivity contribution is 7.98. The third kappa shape index (κ3) is 2.18. The first-order valence-electron chi connectivity index (χ1n) is 6.10. The molecule has 18 heavy (non-hydrogen) atoms. The van der Waals surface area contributed by atoms with E-state index < -0.39 is 5.54 Å². The summed E-state index contributed by atoms with van der Waals surface area (Å²) in [6.07, 6.45) is 7.57. The summed E-state index contributed by atoms with van der Waals surface area (Å²) in [7, 11) is 0. The minimum Gasteiger partial charge on any atom is -0.508 e. The van der Waals surface area contributed by atoms with Crippen molar-refractivity contribution in [1.82, 2.24) is 0 Å². The number of phenolic OH excluding ortho intramolecular Hbond substituents is 1. The molecule has 0 heterocycles. The Kier molecular flexibility index (Phi) is 3.79. The summed E-state index contributed by atoms with van der Waals surface area (Å²) in [4.78, 5) is 15.9. The number of aliphatic imine (C=N–C) groups is 1. The first-order valence-corrected chi connectivity index (χ1v) is 7.32. The molecular weight excluding hydrogens is 246 g/mol. The molecule has 0 radical (unpaired) electrons. The fraction of sp³-hybridized carbons (Fsp3) is 0.500. The van der Waals surface area contributed by atoms with Gasteiger partial charge in [-0.2, -0.15) is 4.99 Å². The Morgan fingerprint density at radius 1 is 1.39 bits per heavy atom. The fourth-order valence-electron chi connectivity index (χ4n) is 2.69. The van der Waals surface area contributed by atoms with Crippen molar-refractivity contribution in [2.45, 2.75) is 43.0 Å². The van der Waals surface area contributed by atoms with Crippen LogP contribution in [-0.2, 0) is 10.3 Å². The summed E-state index contributed by atoms with van der Waals surface area (Å²) >= 11 is 1.63. The van der Waals surface area contributed by atoms with Gasteiger partial charge in [-0.1, -0.05) is 12.8 Å². The van der Waals surface area contributed by atoms with Gasteiger partial charge in [0.05, 0.1) is 5.54 Å². The molecule has 2 rings (SSSR count). The minimum absolute atomic E-state index is 0.273. The number of isocyanates is 1. The van der Waals surface area contributed by atoms with Crippen LogP contribution in [0.15, 0.2) is 22.0 Å². The van der Waals surface area contributed by atoms with E-state index in [1.807, 2.05) is 19.2 Å². The summed E-state index contributed by atoms with van der Waals surface area (Å²) in [6, 6.07) is 3.74. The maximum absolute atomic E-state index is 10.7. The summed E-state index contributed by atoms with van der Waals surface area (Å²) in [5, 5.41) is 9.91. The number of hydrogen-bond donors (Lipinski definition) is 1. The fourth-order valence-corrected chi connectivity index (χ4v) is 3.45. The number of aryl methyl sites for hydroxylation is 1. The molecule has 4 heteroatoms. The zero-order valence-corrected chi connectivity index (χ0v) is 11.5. The number of hydrogen-bond acceptors (Lipinski definition) is 4. The SMILES string of the molecule is CSc1cc(C)c(O)cc1C1(N=C=O)CCCC1. The molecule has 0 aliphatic heterocycles. The van der Waals surface area contributed by atoms with Crippen LogP contribution < -0.4 is 0 Å². The molecule has 1 aromatic carbocycles. The quantitative estimate of drug-likeness (QED) is 0.515. The number of benzene rings is 1. The van der Waals surface area contributed by atoms with Crippen molar-refractivity contribution in [2.24, 2.45) is 4.99 Å². The standard InChI is InChI=1S/C14H17NO2S/c1-10-7-13(18-2)11(8-12(10)17)14(15-9-16)5-3-4-6-14/h7-8,17H,3-6H2,1-2H3. The second-order valence-corrected chi connectivity index (χ2v) is 5.63. The molecule has 0 amide bonds. The van der Waals surface area contributed by atoms with Gasteiger partial charge >= 0.3 is 0 Å². The van der Waals surface area contributed by atoms with Crippen LogP contribution in [0.25, 0.3) is 0 Å². The lowest BCUT2D eigenvalue weighted by atomic mass is 9.88. The molecule has 0 aromatic heterocycles. The molecule has 1 fully saturated rings. The van der Waals surface area contributed by atoms with E-state index in [1.165, 1.54) is 0 Å². The lowest BCUT2D eigenvalue weighted by Gasteiger charge is -2.25. The minimum atomic E-state index is -0.467. The predicted octanol–water partition coefficient (Wildman–Crippen LogP) is 3.53. The van der Waals surface area contributed by atoms with Gasteiger partial charge in [-0.05, 0) is 49.3 Å². The average molecular weight is 263 g/mol. The van der Waals surface area contributed by atoms with E-state index in [2.05, 4.69) is 4.99 Å². The van der Waals surface area contributed by atoms with Crippen LogP contribution in [-0.4, -0.2) is 17.4 Å². The highest BCUT2D eigenvalue weighted by Crippen LogP contribution is 2.46. The first kappa shape index (κ1) is 13.2. The number of carbonyl (C=O) groups excluding carboxylic acids is 1. The van der Waals surface area contributed by atoms with Gasteiger partial charge in [0.15, 0.2) is 0 Å². The van der Waals surface area contributed by atoms with Crippen LogP contribution >= 0.6 is 11.8 Å². The maximum Gasteiger partial charge on any atom is 0.235 e. The maximum atomic E-state index is 10.7. The monoisotopic (exact) mass is 263 g/mol. The number of phenols is 1. The van der Waals surface area contributed by atoms with E-state index in [0.717, 1.165) is 41.7 Å². The van der Waals surface area contributed by atoms with Crippen LogP contribution in [0.3, 0.4) is 0 Å². The number of aromatic hydroxyl groups is 1. The van der Waals surface area contributed by atoms with Crippen molar-refractivity contribution >= 4 is 17.8 Å². The van der Waals surface area contributed by atoms with Gasteiger partial charge in [0, 0.05) is 4.90 Å². The normalized spacial score (nSPS) is 17.4. The van der Waals surface area contributed by atoms with Crippen LogP contribution in [0.4, 0.5) is 0 Å². The van der Waals surface area contributed by atoms with Crippen molar-refractivity contribution in [3.8, 4) is 5.75 Å². The van der Waals surface area contributed by atoms with Crippen molar-refractivity contribution in [2.75, 3.05) is 6.26 Å². The molecule has 0 saturated heterocycles. The van der Waals surface area contributed by atoms with Crippen molar-refractivity contribution < 1.29 is 9.90 Å². The molecule has 3 nitrogen and oxygen atoms in total. The number of rotatable bonds is 3. The van der Waals surface area contributed by atoms with Crippen LogP contribution in [0.2, 0.25) is 0 Å². The highest BCUT2D eigenvalue weighted by Gasteiger charge is 2.37. The molecule has 1 saturated carbocycles. The van der Waals surface area contributed by atoms with E-state index in [1.54, 1.807) is 23.9 Å². The number of nitrogens with zero attached hydrogens (tertiary/aromatic N) is 1. The van der Waals surface area contributed by atoms with Gasteiger partial charge in [0.25, 0.3) is 0 Å². The second-order valence-electron chi connectivity index (χ2n) is 4.78. The molecule has 1 N–H and O–H groups in total. The summed E-state index contributed by atoms with van der Waals surface area (Å²) < 4.78 is 0. The second kappa shape index (κ2) is 5.17. The molecule has 96 valence electrons. The Labute approximate surface area is 111 Å². The van der Waals surface area contributed by atoms with Gasteiger partial charge in [-0.3, -0.25) is 0 Å². The van der Waals surface area contributed by atoms with Crippen molar-refractivity contribution in [1.29, 1.82) is 0 Å². The largest absolute Gasteiger partial charge is 0.508 e. The third-order valence-corrected chi connectivity index (χ3v) is 4.49. The summed E-state index contributed by atoms with van der Waals surface area (Å²) in [6.45, 7) is 1.88. The third-order valence-electron chi connectivity index (χ3n) is 3.71. The highest BCUT2D eigenvalue weighted by atomic mass is 32.2. The molecular formula is C14H17NO2S. The molecule has 1 aliphatic carbocycles. The van der Waals surface area contributed by atoms with Crippen molar-refractivity contribution in [3.63, 3.8) is 0 Å². The van der Waals surface area contributed by atoms with E-state index in [0.29, 0.717) is 0 Å². The topological polar surface area (TPSA) is 49.7 Å². The summed E-state index contributed by atoms with van der Waals surface area (Å²) in [5.41, 5.74) is 1.36. The zero-order valence-electron chi connectivity index (χ0n) is 10.7. The Morgan fingerprint density at radius 3 is 2.61 bits per heavy atom. The van der Waals surface area contributed by atoms with Gasteiger partial charge in [0.2, 0.25) is 6.08 Å². The van der Waals surface area contributed by atoms with Crippen LogP contribution in [0.5, 0.6) is 5.75 Å². The molecule has 1 aromatic rings. The Morgan fingerprint density at radius 2 is 2.06 bits per heavy atom. The van der Waals surface area contributed by atoms with Gasteiger partial charge < -0.3 is 5.11 Å². The lowest BCUT2D eigenvalue weighted by molar-refractivity contribution is 0.435.